The minimum absolute atomic E-state index is 0.278. The third-order valence-corrected chi connectivity index (χ3v) is 3.27. The van der Waals surface area contributed by atoms with E-state index in [4.69, 9.17) is 5.84 Å². The van der Waals surface area contributed by atoms with E-state index in [0.29, 0.717) is 0 Å². The number of benzene rings is 2. The Hall–Kier alpha value is -2.66. The fraction of sp³-hybridized carbons (Fsp3) is 0.0667. The smallest absolute Gasteiger partial charge is 0.261 e. The first-order chi connectivity index (χ1) is 9.81. The van der Waals surface area contributed by atoms with Gasteiger partial charge in [0, 0.05) is 0 Å². The fourth-order valence-electron chi connectivity index (χ4n) is 2.34. The molecule has 0 fully saturated rings. The Morgan fingerprint density at radius 2 is 1.80 bits per heavy atom. The number of amides is 1. The van der Waals surface area contributed by atoms with Crippen LogP contribution < -0.4 is 11.3 Å². The van der Waals surface area contributed by atoms with E-state index in [1.165, 1.54) is 0 Å². The van der Waals surface area contributed by atoms with Crippen molar-refractivity contribution in [3.8, 4) is 0 Å². The van der Waals surface area contributed by atoms with Gasteiger partial charge >= 0.3 is 0 Å². The zero-order chi connectivity index (χ0) is 13.9. The van der Waals surface area contributed by atoms with Crippen molar-refractivity contribution in [2.75, 3.05) is 0 Å². The molecule has 1 aromatic heterocycles. The molecule has 20 heavy (non-hydrogen) atoms. The van der Waals surface area contributed by atoms with Crippen LogP contribution in [0.2, 0.25) is 0 Å². The maximum atomic E-state index is 12.2. The zero-order valence-corrected chi connectivity index (χ0v) is 10.7. The van der Waals surface area contributed by atoms with E-state index in [-0.39, 0.29) is 5.91 Å². The van der Waals surface area contributed by atoms with Crippen LogP contribution in [0.3, 0.4) is 0 Å². The molecule has 0 aliphatic rings. The normalized spacial score (nSPS) is 12.2. The summed E-state index contributed by atoms with van der Waals surface area (Å²) in [6.45, 7) is 0. The summed E-state index contributed by atoms with van der Waals surface area (Å²) in [4.78, 5) is 16.5. The predicted molar refractivity (Wildman–Crippen MR) is 76.6 cm³/mol. The highest BCUT2D eigenvalue weighted by molar-refractivity contribution is 5.86. The van der Waals surface area contributed by atoms with Gasteiger partial charge in [-0.1, -0.05) is 42.5 Å². The van der Waals surface area contributed by atoms with Crippen LogP contribution in [-0.2, 0) is 4.79 Å². The fourth-order valence-corrected chi connectivity index (χ4v) is 2.34. The molecule has 0 aliphatic carbocycles. The zero-order valence-electron chi connectivity index (χ0n) is 10.7. The van der Waals surface area contributed by atoms with E-state index in [1.54, 1.807) is 6.33 Å². The standard InChI is InChI=1S/C15H14N4O/c16-18-15(20)14(11-6-2-1-3-7-11)19-10-17-12-8-4-5-9-13(12)19/h1-10,14H,16H2,(H,18,20). The summed E-state index contributed by atoms with van der Waals surface area (Å²) < 4.78 is 1.83. The van der Waals surface area contributed by atoms with Crippen LogP contribution in [0, 0.1) is 0 Å². The van der Waals surface area contributed by atoms with E-state index >= 15 is 0 Å². The van der Waals surface area contributed by atoms with E-state index in [2.05, 4.69) is 10.4 Å². The first kappa shape index (κ1) is 12.4. The topological polar surface area (TPSA) is 72.9 Å². The summed E-state index contributed by atoms with van der Waals surface area (Å²) in [7, 11) is 0. The number of nitrogens with two attached hydrogens (primary N) is 1. The molecule has 1 unspecified atom stereocenters. The molecule has 0 radical (unpaired) electrons. The Morgan fingerprint density at radius 3 is 2.55 bits per heavy atom. The highest BCUT2D eigenvalue weighted by atomic mass is 16.2. The van der Waals surface area contributed by atoms with Gasteiger partial charge in [0.1, 0.15) is 6.04 Å². The number of nitrogens with one attached hydrogen (secondary N) is 1. The number of fused-ring (bicyclic) bond motifs is 1. The molecule has 1 amide bonds. The quantitative estimate of drug-likeness (QED) is 0.430. The van der Waals surface area contributed by atoms with Crippen LogP contribution in [0.15, 0.2) is 60.9 Å². The summed E-state index contributed by atoms with van der Waals surface area (Å²) in [6.07, 6.45) is 1.66. The van der Waals surface area contributed by atoms with E-state index < -0.39 is 6.04 Å². The lowest BCUT2D eigenvalue weighted by atomic mass is 10.1. The second kappa shape index (κ2) is 5.14. The van der Waals surface area contributed by atoms with Crippen LogP contribution in [0.1, 0.15) is 11.6 Å². The Kier molecular flexibility index (Phi) is 3.18. The largest absolute Gasteiger partial charge is 0.314 e. The molecule has 0 saturated carbocycles. The lowest BCUT2D eigenvalue weighted by Crippen LogP contribution is -2.37. The van der Waals surface area contributed by atoms with Crippen molar-refractivity contribution in [2.45, 2.75) is 6.04 Å². The molecule has 3 N–H and O–H groups in total. The molecular formula is C15H14N4O. The van der Waals surface area contributed by atoms with Gasteiger partial charge in [0.15, 0.2) is 0 Å². The summed E-state index contributed by atoms with van der Waals surface area (Å²) in [6, 6.07) is 16.6. The molecule has 1 heterocycles. The summed E-state index contributed by atoms with van der Waals surface area (Å²) in [5, 5.41) is 0. The van der Waals surface area contributed by atoms with E-state index in [9.17, 15) is 4.79 Å². The monoisotopic (exact) mass is 266 g/mol. The number of carbonyl (C=O) groups excluding carboxylic acids is 1. The number of hydrazine groups is 1. The Bertz CT molecular complexity index is 736. The number of nitrogens with zero attached hydrogens (tertiary/aromatic N) is 2. The Morgan fingerprint density at radius 1 is 1.10 bits per heavy atom. The SMILES string of the molecule is NNC(=O)C(c1ccccc1)n1cnc2ccccc21. The Balaban J connectivity index is 2.17. The maximum Gasteiger partial charge on any atom is 0.261 e. The van der Waals surface area contributed by atoms with Crippen LogP contribution in [0.5, 0.6) is 0 Å². The first-order valence-electron chi connectivity index (χ1n) is 6.28. The second-order valence-corrected chi connectivity index (χ2v) is 4.46. The molecule has 0 aliphatic heterocycles. The van der Waals surface area contributed by atoms with Gasteiger partial charge in [-0.15, -0.1) is 0 Å². The van der Waals surface area contributed by atoms with Gasteiger partial charge in [-0.2, -0.15) is 0 Å². The first-order valence-corrected chi connectivity index (χ1v) is 6.28. The number of para-hydroxylation sites is 2. The average Bonchev–Trinajstić information content (AvgIpc) is 2.92. The van der Waals surface area contributed by atoms with Gasteiger partial charge in [-0.3, -0.25) is 10.2 Å². The minimum Gasteiger partial charge on any atom is -0.314 e. The maximum absolute atomic E-state index is 12.2. The number of imidazole rings is 1. The predicted octanol–water partition coefficient (Wildman–Crippen LogP) is 1.62. The number of hydrogen-bond acceptors (Lipinski definition) is 3. The van der Waals surface area contributed by atoms with Crippen molar-refractivity contribution in [2.24, 2.45) is 5.84 Å². The van der Waals surface area contributed by atoms with Crippen molar-refractivity contribution in [1.29, 1.82) is 0 Å². The highest BCUT2D eigenvalue weighted by Gasteiger charge is 2.23. The summed E-state index contributed by atoms with van der Waals surface area (Å²) in [5.41, 5.74) is 4.83. The lowest BCUT2D eigenvalue weighted by Gasteiger charge is -2.18. The number of rotatable bonds is 3. The molecule has 3 rings (SSSR count). The number of hydrogen-bond donors (Lipinski definition) is 2. The van der Waals surface area contributed by atoms with Gasteiger partial charge in [0.05, 0.1) is 17.4 Å². The van der Waals surface area contributed by atoms with E-state index in [0.717, 1.165) is 16.6 Å². The number of aromatic nitrogens is 2. The molecule has 1 atom stereocenters. The molecule has 5 heteroatoms. The Labute approximate surface area is 116 Å². The molecule has 0 spiro atoms. The van der Waals surface area contributed by atoms with Gasteiger partial charge in [0.2, 0.25) is 0 Å². The molecule has 100 valence electrons. The summed E-state index contributed by atoms with van der Waals surface area (Å²) in [5.74, 6) is 5.05. The van der Waals surface area contributed by atoms with Gasteiger partial charge in [-0.25, -0.2) is 10.8 Å². The van der Waals surface area contributed by atoms with Crippen LogP contribution in [0.25, 0.3) is 11.0 Å². The number of carbonyl (C=O) groups is 1. The molecular weight excluding hydrogens is 252 g/mol. The van der Waals surface area contributed by atoms with Crippen molar-refractivity contribution in [1.82, 2.24) is 15.0 Å². The molecule has 0 saturated heterocycles. The van der Waals surface area contributed by atoms with Crippen molar-refractivity contribution >= 4 is 16.9 Å². The van der Waals surface area contributed by atoms with Crippen molar-refractivity contribution in [3.05, 3.63) is 66.5 Å². The molecule has 0 bridgehead atoms. The second-order valence-electron chi connectivity index (χ2n) is 4.46. The highest BCUT2D eigenvalue weighted by Crippen LogP contribution is 2.23. The van der Waals surface area contributed by atoms with Gasteiger partial charge in [0.25, 0.3) is 5.91 Å². The molecule has 2 aromatic carbocycles. The summed E-state index contributed by atoms with van der Waals surface area (Å²) >= 11 is 0. The third kappa shape index (κ3) is 2.04. The van der Waals surface area contributed by atoms with Gasteiger partial charge in [-0.05, 0) is 17.7 Å². The van der Waals surface area contributed by atoms with Crippen LogP contribution in [0.4, 0.5) is 0 Å². The minimum atomic E-state index is -0.534. The van der Waals surface area contributed by atoms with Crippen LogP contribution >= 0.6 is 0 Å². The molecule has 3 aromatic rings. The lowest BCUT2D eigenvalue weighted by molar-refractivity contribution is -0.123. The van der Waals surface area contributed by atoms with Crippen molar-refractivity contribution in [3.63, 3.8) is 0 Å². The molecule has 5 nitrogen and oxygen atoms in total. The van der Waals surface area contributed by atoms with Crippen molar-refractivity contribution < 1.29 is 4.79 Å². The van der Waals surface area contributed by atoms with Gasteiger partial charge < -0.3 is 4.57 Å². The average molecular weight is 266 g/mol. The third-order valence-electron chi connectivity index (χ3n) is 3.27. The van der Waals surface area contributed by atoms with Crippen LogP contribution in [-0.4, -0.2) is 15.5 Å². The van der Waals surface area contributed by atoms with E-state index in [1.807, 2.05) is 59.2 Å².